The maximum Gasteiger partial charge on any atom is 0.243 e. The Morgan fingerprint density at radius 3 is 2.37 bits per heavy atom. The normalized spacial score (nSPS) is 18.7. The van der Waals surface area contributed by atoms with Gasteiger partial charge in [-0.3, -0.25) is 14.4 Å². The first-order valence-electron chi connectivity index (χ1n) is 9.85. The molecular formula is C21H29N3O3. The Morgan fingerprint density at radius 1 is 1.11 bits per heavy atom. The number of aryl methyl sites for hydroxylation is 1. The number of amides is 3. The van der Waals surface area contributed by atoms with Crippen molar-refractivity contribution in [2.75, 3.05) is 13.1 Å². The second kappa shape index (κ2) is 8.55. The smallest absolute Gasteiger partial charge is 0.243 e. The summed E-state index contributed by atoms with van der Waals surface area (Å²) in [5, 5.41) is 5.86. The van der Waals surface area contributed by atoms with Gasteiger partial charge in [-0.05, 0) is 43.7 Å². The van der Waals surface area contributed by atoms with Crippen LogP contribution >= 0.6 is 0 Å². The summed E-state index contributed by atoms with van der Waals surface area (Å²) in [5.74, 6) is 0.152. The number of piperidine rings is 1. The molecule has 1 aromatic carbocycles. The van der Waals surface area contributed by atoms with Crippen LogP contribution in [0.15, 0.2) is 24.3 Å². The molecule has 1 saturated heterocycles. The Hall–Kier alpha value is -2.37. The minimum absolute atomic E-state index is 0.0499. The lowest BCUT2D eigenvalue weighted by atomic mass is 9.99. The number of likely N-dealkylation sites (tertiary alicyclic amines) is 1. The van der Waals surface area contributed by atoms with Crippen LogP contribution in [0, 0.1) is 12.8 Å². The average molecular weight is 371 g/mol. The topological polar surface area (TPSA) is 78.5 Å². The van der Waals surface area contributed by atoms with E-state index in [1.807, 2.05) is 36.1 Å². The molecular weight excluding hydrogens is 342 g/mol. The van der Waals surface area contributed by atoms with E-state index in [1.165, 1.54) is 6.92 Å². The molecule has 0 spiro atoms. The van der Waals surface area contributed by atoms with Gasteiger partial charge in [-0.1, -0.05) is 24.3 Å². The molecule has 1 aromatic rings. The van der Waals surface area contributed by atoms with E-state index >= 15 is 0 Å². The van der Waals surface area contributed by atoms with Crippen molar-refractivity contribution in [2.45, 2.75) is 58.0 Å². The number of rotatable bonds is 6. The first-order valence-corrected chi connectivity index (χ1v) is 9.85. The number of carbonyl (C=O) groups is 3. The SMILES string of the molecule is CC(=O)NC(Cc1ccccc1C)C(=O)NC1CCN(C(=O)C2CC2)CC1. The average Bonchev–Trinajstić information content (AvgIpc) is 3.48. The van der Waals surface area contributed by atoms with E-state index in [2.05, 4.69) is 10.6 Å². The van der Waals surface area contributed by atoms with Crippen LogP contribution in [0.4, 0.5) is 0 Å². The lowest BCUT2D eigenvalue weighted by Gasteiger charge is -2.33. The highest BCUT2D eigenvalue weighted by atomic mass is 16.2. The van der Waals surface area contributed by atoms with Gasteiger partial charge in [0, 0.05) is 38.4 Å². The quantitative estimate of drug-likeness (QED) is 0.797. The van der Waals surface area contributed by atoms with Crippen LogP contribution in [0.2, 0.25) is 0 Å². The fourth-order valence-corrected chi connectivity index (χ4v) is 3.65. The second-order valence-electron chi connectivity index (χ2n) is 7.77. The fraction of sp³-hybridized carbons (Fsp3) is 0.571. The van der Waals surface area contributed by atoms with E-state index < -0.39 is 6.04 Å². The molecule has 6 heteroatoms. The summed E-state index contributed by atoms with van der Waals surface area (Å²) in [6.45, 7) is 4.83. The van der Waals surface area contributed by atoms with Crippen molar-refractivity contribution in [2.24, 2.45) is 5.92 Å². The summed E-state index contributed by atoms with van der Waals surface area (Å²) >= 11 is 0. The summed E-state index contributed by atoms with van der Waals surface area (Å²) in [4.78, 5) is 38.4. The highest BCUT2D eigenvalue weighted by molar-refractivity contribution is 5.87. The largest absolute Gasteiger partial charge is 0.351 e. The third-order valence-corrected chi connectivity index (χ3v) is 5.46. The predicted octanol–water partition coefficient (Wildman–Crippen LogP) is 1.56. The molecule has 0 aromatic heterocycles. The van der Waals surface area contributed by atoms with E-state index in [1.54, 1.807) is 0 Å². The van der Waals surface area contributed by atoms with E-state index in [0.29, 0.717) is 19.5 Å². The molecule has 1 atom stereocenters. The van der Waals surface area contributed by atoms with Crippen LogP contribution in [0.25, 0.3) is 0 Å². The lowest BCUT2D eigenvalue weighted by molar-refractivity contribution is -0.134. The van der Waals surface area contributed by atoms with Crippen molar-refractivity contribution in [3.63, 3.8) is 0 Å². The van der Waals surface area contributed by atoms with Crippen LogP contribution in [0.1, 0.15) is 43.7 Å². The fourth-order valence-electron chi connectivity index (χ4n) is 3.65. The van der Waals surface area contributed by atoms with Crippen LogP contribution in [-0.4, -0.2) is 47.8 Å². The number of hydrogen-bond acceptors (Lipinski definition) is 3. The van der Waals surface area contributed by atoms with Crippen LogP contribution < -0.4 is 10.6 Å². The maximum absolute atomic E-state index is 12.8. The molecule has 1 saturated carbocycles. The third-order valence-electron chi connectivity index (χ3n) is 5.46. The molecule has 6 nitrogen and oxygen atoms in total. The molecule has 3 amide bonds. The number of nitrogens with zero attached hydrogens (tertiary/aromatic N) is 1. The Kier molecular flexibility index (Phi) is 6.14. The molecule has 27 heavy (non-hydrogen) atoms. The van der Waals surface area contributed by atoms with E-state index in [-0.39, 0.29) is 29.7 Å². The van der Waals surface area contributed by atoms with Crippen molar-refractivity contribution < 1.29 is 14.4 Å². The predicted molar refractivity (Wildman–Crippen MR) is 103 cm³/mol. The molecule has 3 rings (SSSR count). The van der Waals surface area contributed by atoms with Gasteiger partial charge in [-0.25, -0.2) is 0 Å². The van der Waals surface area contributed by atoms with Crippen LogP contribution in [0.5, 0.6) is 0 Å². The third kappa shape index (κ3) is 5.31. The highest BCUT2D eigenvalue weighted by Crippen LogP contribution is 2.31. The molecule has 1 unspecified atom stereocenters. The number of carbonyl (C=O) groups excluding carboxylic acids is 3. The highest BCUT2D eigenvalue weighted by Gasteiger charge is 2.35. The summed E-state index contributed by atoms with van der Waals surface area (Å²) in [6, 6.07) is 7.36. The van der Waals surface area contributed by atoms with Crippen LogP contribution in [-0.2, 0) is 20.8 Å². The molecule has 2 fully saturated rings. The minimum atomic E-state index is -0.588. The zero-order valence-electron chi connectivity index (χ0n) is 16.2. The first kappa shape index (κ1) is 19.4. The van der Waals surface area contributed by atoms with Crippen molar-refractivity contribution in [3.05, 3.63) is 35.4 Å². The molecule has 1 aliphatic heterocycles. The standard InChI is InChI=1S/C21H29N3O3/c1-14-5-3-4-6-17(14)13-19(22-15(2)25)20(26)23-18-9-11-24(12-10-18)21(27)16-7-8-16/h3-6,16,18-19H,7-13H2,1-2H3,(H,22,25)(H,23,26). The summed E-state index contributed by atoms with van der Waals surface area (Å²) in [7, 11) is 0. The Labute approximate surface area is 160 Å². The van der Waals surface area contributed by atoms with Gasteiger partial charge in [0.25, 0.3) is 0 Å². The molecule has 2 aliphatic rings. The van der Waals surface area contributed by atoms with Gasteiger partial charge >= 0.3 is 0 Å². The van der Waals surface area contributed by atoms with Crippen molar-refractivity contribution in [1.82, 2.24) is 15.5 Å². The zero-order chi connectivity index (χ0) is 19.4. The Bertz CT molecular complexity index is 706. The van der Waals surface area contributed by atoms with Gasteiger partial charge in [0.1, 0.15) is 6.04 Å². The molecule has 0 radical (unpaired) electrons. The van der Waals surface area contributed by atoms with Gasteiger partial charge in [0.2, 0.25) is 17.7 Å². The maximum atomic E-state index is 12.8. The molecule has 0 bridgehead atoms. The first-order chi connectivity index (χ1) is 12.9. The van der Waals surface area contributed by atoms with Gasteiger partial charge in [-0.2, -0.15) is 0 Å². The van der Waals surface area contributed by atoms with Gasteiger partial charge in [-0.15, -0.1) is 0 Å². The second-order valence-corrected chi connectivity index (χ2v) is 7.77. The summed E-state index contributed by atoms with van der Waals surface area (Å²) in [5.41, 5.74) is 2.16. The van der Waals surface area contributed by atoms with Gasteiger partial charge in [0.05, 0.1) is 0 Å². The molecule has 1 heterocycles. The van der Waals surface area contributed by atoms with Crippen molar-refractivity contribution in [3.8, 4) is 0 Å². The number of hydrogen-bond donors (Lipinski definition) is 2. The minimum Gasteiger partial charge on any atom is -0.351 e. The van der Waals surface area contributed by atoms with Gasteiger partial charge in [0.15, 0.2) is 0 Å². The summed E-state index contributed by atoms with van der Waals surface area (Å²) in [6.07, 6.45) is 4.04. The monoisotopic (exact) mass is 371 g/mol. The van der Waals surface area contributed by atoms with E-state index in [0.717, 1.165) is 36.8 Å². The molecule has 146 valence electrons. The zero-order valence-corrected chi connectivity index (χ0v) is 16.2. The van der Waals surface area contributed by atoms with Gasteiger partial charge < -0.3 is 15.5 Å². The van der Waals surface area contributed by atoms with E-state index in [9.17, 15) is 14.4 Å². The summed E-state index contributed by atoms with van der Waals surface area (Å²) < 4.78 is 0. The van der Waals surface area contributed by atoms with Crippen LogP contribution in [0.3, 0.4) is 0 Å². The van der Waals surface area contributed by atoms with Crippen molar-refractivity contribution in [1.29, 1.82) is 0 Å². The Balaban J connectivity index is 1.55. The lowest BCUT2D eigenvalue weighted by Crippen LogP contribution is -2.53. The Morgan fingerprint density at radius 2 is 1.78 bits per heavy atom. The number of nitrogens with one attached hydrogen (secondary N) is 2. The number of benzene rings is 1. The van der Waals surface area contributed by atoms with Crippen molar-refractivity contribution >= 4 is 17.7 Å². The molecule has 2 N–H and O–H groups in total. The molecule has 1 aliphatic carbocycles. The van der Waals surface area contributed by atoms with E-state index in [4.69, 9.17) is 0 Å².